The zero-order valence-electron chi connectivity index (χ0n) is 16.8. The number of ether oxygens (including phenoxy) is 1. The first-order valence-electron chi connectivity index (χ1n) is 9.74. The number of urea groups is 1. The zero-order valence-corrected chi connectivity index (χ0v) is 17.6. The summed E-state index contributed by atoms with van der Waals surface area (Å²) in [5.41, 5.74) is 0.983. The number of rotatable bonds is 6. The number of hydrogen-bond donors (Lipinski definition) is 1. The quantitative estimate of drug-likeness (QED) is 0.735. The molecule has 2 saturated heterocycles. The highest BCUT2D eigenvalue weighted by atomic mass is 32.1. The average Bonchev–Trinajstić information content (AvgIpc) is 3.32. The van der Waals surface area contributed by atoms with Crippen LogP contribution in [-0.2, 0) is 16.9 Å². The number of hydrogen-bond acceptors (Lipinski definition) is 6. The van der Waals surface area contributed by atoms with Crippen LogP contribution < -0.4 is 10.1 Å². The fourth-order valence-corrected chi connectivity index (χ4v) is 4.54. The van der Waals surface area contributed by atoms with Crippen molar-refractivity contribution in [1.29, 1.82) is 0 Å². The van der Waals surface area contributed by atoms with Gasteiger partial charge in [-0.3, -0.25) is 14.6 Å². The molecule has 1 N–H and O–H groups in total. The Morgan fingerprint density at radius 3 is 2.59 bits per heavy atom. The Bertz CT molecular complexity index is 880. The second-order valence-corrected chi connectivity index (χ2v) is 8.47. The van der Waals surface area contributed by atoms with Crippen molar-refractivity contribution in [3.8, 4) is 5.75 Å². The minimum absolute atomic E-state index is 0.226. The first-order chi connectivity index (χ1) is 14.0. The lowest BCUT2D eigenvalue weighted by Crippen LogP contribution is -2.51. The fourth-order valence-electron chi connectivity index (χ4n) is 3.88. The molecule has 7 nitrogen and oxygen atoms in total. The first kappa shape index (κ1) is 19.9. The van der Waals surface area contributed by atoms with Crippen LogP contribution in [0.4, 0.5) is 4.79 Å². The van der Waals surface area contributed by atoms with E-state index in [0.29, 0.717) is 12.4 Å². The minimum atomic E-state index is -1.08. The number of piperazine rings is 1. The topological polar surface area (TPSA) is 65.1 Å². The second kappa shape index (κ2) is 8.14. The number of nitrogens with zero attached hydrogens (tertiary/aromatic N) is 3. The van der Waals surface area contributed by atoms with Gasteiger partial charge in [-0.1, -0.05) is 12.1 Å². The monoisotopic (exact) mass is 414 g/mol. The molecule has 4 rings (SSSR count). The van der Waals surface area contributed by atoms with E-state index in [1.807, 2.05) is 18.2 Å². The van der Waals surface area contributed by atoms with Gasteiger partial charge in [0.05, 0.1) is 13.8 Å². The van der Waals surface area contributed by atoms with Crippen molar-refractivity contribution in [1.82, 2.24) is 20.0 Å². The number of thiophene rings is 1. The Balaban J connectivity index is 1.38. The van der Waals surface area contributed by atoms with E-state index in [2.05, 4.69) is 31.9 Å². The Morgan fingerprint density at radius 2 is 1.90 bits per heavy atom. The van der Waals surface area contributed by atoms with Crippen molar-refractivity contribution in [2.75, 3.05) is 40.0 Å². The van der Waals surface area contributed by atoms with Gasteiger partial charge in [0.2, 0.25) is 0 Å². The van der Waals surface area contributed by atoms with Crippen molar-refractivity contribution in [3.63, 3.8) is 0 Å². The Morgan fingerprint density at radius 1 is 1.14 bits per heavy atom. The predicted octanol–water partition coefficient (Wildman–Crippen LogP) is 2.30. The molecule has 0 bridgehead atoms. The molecule has 0 radical (unpaired) electrons. The first-order valence-corrected chi connectivity index (χ1v) is 10.7. The van der Waals surface area contributed by atoms with Crippen molar-refractivity contribution in [3.05, 3.63) is 52.2 Å². The Kier molecular flexibility index (Phi) is 5.58. The summed E-state index contributed by atoms with van der Waals surface area (Å²) in [6.45, 7) is 6.53. The number of amides is 3. The molecule has 2 aliphatic heterocycles. The predicted molar refractivity (Wildman–Crippen MR) is 112 cm³/mol. The van der Waals surface area contributed by atoms with Crippen LogP contribution in [0.15, 0.2) is 41.1 Å². The molecule has 0 aliphatic carbocycles. The number of carbonyl (C=O) groups excluding carboxylic acids is 2. The molecule has 1 atom stereocenters. The molecule has 2 aromatic rings. The van der Waals surface area contributed by atoms with Gasteiger partial charge >= 0.3 is 6.03 Å². The van der Waals surface area contributed by atoms with Crippen molar-refractivity contribution in [2.24, 2.45) is 0 Å². The second-order valence-electron chi connectivity index (χ2n) is 7.69. The summed E-state index contributed by atoms with van der Waals surface area (Å²) in [5.74, 6) is 0.433. The molecule has 0 unspecified atom stereocenters. The molecule has 0 saturated carbocycles. The van der Waals surface area contributed by atoms with Gasteiger partial charge in [0.1, 0.15) is 11.3 Å². The maximum atomic E-state index is 13.2. The average molecular weight is 415 g/mol. The summed E-state index contributed by atoms with van der Waals surface area (Å²) >= 11 is 1.72. The molecule has 3 amide bonds. The van der Waals surface area contributed by atoms with Crippen LogP contribution in [0, 0.1) is 0 Å². The molecule has 1 aromatic heterocycles. The number of imide groups is 1. The van der Waals surface area contributed by atoms with E-state index < -0.39 is 5.54 Å². The van der Waals surface area contributed by atoms with Crippen LogP contribution in [0.25, 0.3) is 0 Å². The zero-order chi connectivity index (χ0) is 20.4. The van der Waals surface area contributed by atoms with Crippen LogP contribution >= 0.6 is 11.3 Å². The largest absolute Gasteiger partial charge is 0.497 e. The smallest absolute Gasteiger partial charge is 0.326 e. The van der Waals surface area contributed by atoms with E-state index in [0.717, 1.165) is 38.3 Å². The van der Waals surface area contributed by atoms with E-state index in [1.165, 1.54) is 10.5 Å². The maximum Gasteiger partial charge on any atom is 0.326 e. The number of nitrogens with one attached hydrogen (secondary N) is 1. The van der Waals surface area contributed by atoms with Crippen LogP contribution in [0.3, 0.4) is 0 Å². The third kappa shape index (κ3) is 4.01. The summed E-state index contributed by atoms with van der Waals surface area (Å²) in [7, 11) is 1.58. The molecule has 8 heteroatoms. The van der Waals surface area contributed by atoms with Crippen molar-refractivity contribution in [2.45, 2.75) is 19.0 Å². The van der Waals surface area contributed by atoms with Crippen molar-refractivity contribution < 1.29 is 14.3 Å². The molecule has 3 heterocycles. The third-order valence-electron chi connectivity index (χ3n) is 5.71. The molecular weight excluding hydrogens is 388 g/mol. The van der Waals surface area contributed by atoms with Crippen LogP contribution in [-0.4, -0.2) is 66.6 Å². The lowest BCUT2D eigenvalue weighted by atomic mass is 9.92. The summed E-state index contributed by atoms with van der Waals surface area (Å²) in [6, 6.07) is 9.10. The Labute approximate surface area is 174 Å². The fraction of sp³-hybridized carbons (Fsp3) is 0.429. The molecule has 29 heavy (non-hydrogen) atoms. The van der Waals surface area contributed by atoms with Crippen molar-refractivity contribution >= 4 is 23.3 Å². The van der Waals surface area contributed by atoms with E-state index in [4.69, 9.17) is 4.74 Å². The summed E-state index contributed by atoms with van der Waals surface area (Å²) in [4.78, 5) is 31.7. The lowest BCUT2D eigenvalue weighted by molar-refractivity contribution is -0.132. The van der Waals surface area contributed by atoms with Gasteiger partial charge in [-0.05, 0) is 47.0 Å². The number of carbonyl (C=O) groups is 2. The molecule has 1 aromatic carbocycles. The minimum Gasteiger partial charge on any atom is -0.497 e. The highest BCUT2D eigenvalue weighted by molar-refractivity contribution is 7.07. The third-order valence-corrected chi connectivity index (χ3v) is 6.45. The molecule has 2 fully saturated rings. The number of benzene rings is 1. The summed E-state index contributed by atoms with van der Waals surface area (Å²) in [6.07, 6.45) is 0. The molecule has 154 valence electrons. The highest BCUT2D eigenvalue weighted by Gasteiger charge is 2.49. The summed E-state index contributed by atoms with van der Waals surface area (Å²) < 4.78 is 5.27. The standard InChI is InChI=1S/C21H26N4O3S/c1-21(17-4-3-5-18(12-17)28-2)19(26)25(20(27)22-21)15-24-9-7-23(8-10-24)13-16-6-11-29-14-16/h3-6,11-12,14H,7-10,13,15H2,1-2H3,(H,22,27)/t21-/m1/s1. The van der Waals surface area contributed by atoms with E-state index in [1.54, 1.807) is 31.4 Å². The summed E-state index contributed by atoms with van der Waals surface area (Å²) in [5, 5.41) is 7.15. The molecule has 2 aliphatic rings. The van der Waals surface area contributed by atoms with Gasteiger partial charge in [-0.15, -0.1) is 0 Å². The van der Waals surface area contributed by atoms with E-state index >= 15 is 0 Å². The Hall–Kier alpha value is -2.42. The van der Waals surface area contributed by atoms with Gasteiger partial charge in [-0.2, -0.15) is 11.3 Å². The molecular formula is C21H26N4O3S. The van der Waals surface area contributed by atoms with Crippen LogP contribution in [0.1, 0.15) is 18.1 Å². The maximum absolute atomic E-state index is 13.2. The van der Waals surface area contributed by atoms with E-state index in [-0.39, 0.29) is 11.9 Å². The lowest BCUT2D eigenvalue weighted by Gasteiger charge is -2.36. The highest BCUT2D eigenvalue weighted by Crippen LogP contribution is 2.31. The van der Waals surface area contributed by atoms with E-state index in [9.17, 15) is 9.59 Å². The van der Waals surface area contributed by atoms with Gasteiger partial charge < -0.3 is 10.1 Å². The van der Waals surface area contributed by atoms with Crippen LogP contribution in [0.5, 0.6) is 5.75 Å². The SMILES string of the molecule is COc1cccc([C@@]2(C)NC(=O)N(CN3CCN(Cc4ccsc4)CC3)C2=O)c1. The number of methoxy groups -OCH3 is 1. The normalized spacial score (nSPS) is 23.4. The van der Waals surface area contributed by atoms with Gasteiger partial charge in [0.15, 0.2) is 0 Å². The van der Waals surface area contributed by atoms with Crippen LogP contribution in [0.2, 0.25) is 0 Å². The van der Waals surface area contributed by atoms with Gasteiger partial charge in [0.25, 0.3) is 5.91 Å². The van der Waals surface area contributed by atoms with Gasteiger partial charge in [0, 0.05) is 32.7 Å². The van der Waals surface area contributed by atoms with Gasteiger partial charge in [-0.25, -0.2) is 9.69 Å². The molecule has 0 spiro atoms.